The maximum Gasteiger partial charge on any atom is 0.0991 e. The molecule has 7 rings (SSSR count). The van der Waals surface area contributed by atoms with Crippen molar-refractivity contribution in [1.82, 2.24) is 0 Å². The van der Waals surface area contributed by atoms with E-state index in [9.17, 15) is 0 Å². The molecule has 0 aliphatic heterocycles. The lowest BCUT2D eigenvalue weighted by Crippen LogP contribution is -1.87. The number of nitriles is 1. The minimum absolute atomic E-state index is 0.679. The van der Waals surface area contributed by atoms with Gasteiger partial charge in [-0.05, 0) is 83.9 Å². The lowest BCUT2D eigenvalue weighted by Gasteiger charge is -2.14. The Labute approximate surface area is 221 Å². The van der Waals surface area contributed by atoms with Crippen molar-refractivity contribution in [2.24, 2.45) is 0 Å². The number of hydrogen-bond acceptors (Lipinski definition) is 1. The fourth-order valence-corrected chi connectivity index (χ4v) is 5.55. The minimum Gasteiger partial charge on any atom is -0.192 e. The molecule has 0 saturated carbocycles. The summed E-state index contributed by atoms with van der Waals surface area (Å²) >= 11 is 0. The smallest absolute Gasteiger partial charge is 0.0991 e. The van der Waals surface area contributed by atoms with Gasteiger partial charge in [0.05, 0.1) is 11.6 Å². The molecule has 0 spiro atoms. The SMILES string of the molecule is N#Cc1ccc(-c2ccc(-c3ccc(-c4cc5ccc6ccccc6c5c5ccccc45)cc3)cc2)cc1. The van der Waals surface area contributed by atoms with Gasteiger partial charge >= 0.3 is 0 Å². The van der Waals surface area contributed by atoms with Crippen LogP contribution in [-0.4, -0.2) is 0 Å². The van der Waals surface area contributed by atoms with Gasteiger partial charge in [0.25, 0.3) is 0 Å². The first kappa shape index (κ1) is 22.0. The molecule has 0 radical (unpaired) electrons. The largest absolute Gasteiger partial charge is 0.192 e. The quantitative estimate of drug-likeness (QED) is 0.230. The molecule has 0 N–H and O–H groups in total. The van der Waals surface area contributed by atoms with Crippen LogP contribution in [-0.2, 0) is 0 Å². The zero-order valence-corrected chi connectivity index (χ0v) is 20.7. The van der Waals surface area contributed by atoms with Crippen molar-refractivity contribution in [3.63, 3.8) is 0 Å². The number of rotatable bonds is 3. The van der Waals surface area contributed by atoms with Crippen LogP contribution in [0.5, 0.6) is 0 Å². The molecule has 176 valence electrons. The maximum absolute atomic E-state index is 9.04. The van der Waals surface area contributed by atoms with Gasteiger partial charge in [-0.15, -0.1) is 0 Å². The second kappa shape index (κ2) is 9.04. The highest BCUT2D eigenvalue weighted by Gasteiger charge is 2.11. The molecule has 7 aromatic rings. The Hall–Kier alpha value is -5.19. The second-order valence-electron chi connectivity index (χ2n) is 9.70. The van der Waals surface area contributed by atoms with Gasteiger partial charge < -0.3 is 0 Å². The first-order chi connectivity index (χ1) is 18.8. The van der Waals surface area contributed by atoms with Gasteiger partial charge in [0, 0.05) is 0 Å². The summed E-state index contributed by atoms with van der Waals surface area (Å²) in [5, 5.41) is 16.8. The van der Waals surface area contributed by atoms with Gasteiger partial charge in [-0.25, -0.2) is 0 Å². The predicted octanol–water partition coefficient (Wildman–Crippen LogP) is 10.0. The third-order valence-electron chi connectivity index (χ3n) is 7.51. The third-order valence-corrected chi connectivity index (χ3v) is 7.51. The fraction of sp³-hybridized carbons (Fsp3) is 0. The Bertz CT molecular complexity index is 1990. The Morgan fingerprint density at radius 2 is 0.868 bits per heavy atom. The van der Waals surface area contributed by atoms with Crippen molar-refractivity contribution in [1.29, 1.82) is 5.26 Å². The normalized spacial score (nSPS) is 11.1. The third kappa shape index (κ3) is 3.72. The van der Waals surface area contributed by atoms with E-state index >= 15 is 0 Å². The van der Waals surface area contributed by atoms with E-state index in [1.807, 2.05) is 24.3 Å². The molecular formula is C37H23N. The lowest BCUT2D eigenvalue weighted by molar-refractivity contribution is 1.48. The Kier molecular flexibility index (Phi) is 5.24. The summed E-state index contributed by atoms with van der Waals surface area (Å²) in [5.41, 5.74) is 7.78. The number of fused-ring (bicyclic) bond motifs is 5. The molecule has 0 aliphatic rings. The first-order valence-corrected chi connectivity index (χ1v) is 12.8. The summed E-state index contributed by atoms with van der Waals surface area (Å²) in [7, 11) is 0. The molecule has 1 heteroatoms. The van der Waals surface area contributed by atoms with Crippen LogP contribution in [0.15, 0.2) is 140 Å². The summed E-state index contributed by atoms with van der Waals surface area (Å²) < 4.78 is 0. The second-order valence-corrected chi connectivity index (χ2v) is 9.70. The summed E-state index contributed by atoms with van der Waals surface area (Å²) in [6.07, 6.45) is 0. The van der Waals surface area contributed by atoms with Gasteiger partial charge in [0.1, 0.15) is 0 Å². The van der Waals surface area contributed by atoms with Gasteiger partial charge in [-0.3, -0.25) is 0 Å². The van der Waals surface area contributed by atoms with Crippen LogP contribution in [0.25, 0.3) is 65.7 Å². The summed E-state index contributed by atoms with van der Waals surface area (Å²) in [6, 6.07) is 51.6. The highest BCUT2D eigenvalue weighted by molar-refractivity contribution is 6.23. The minimum atomic E-state index is 0.679. The molecule has 0 aromatic heterocycles. The monoisotopic (exact) mass is 481 g/mol. The standard InChI is InChI=1S/C37H23N/c38-24-25-9-11-26(12-10-25)27-13-15-28(16-14-27)29-17-19-31(20-18-29)36-23-32-22-21-30-5-1-2-6-33(30)37(32)35-8-4-3-7-34(35)36/h1-23H. The highest BCUT2D eigenvalue weighted by atomic mass is 14.2. The molecule has 1 nitrogen and oxygen atoms in total. The average molecular weight is 482 g/mol. The Morgan fingerprint density at radius 3 is 1.47 bits per heavy atom. The fourth-order valence-electron chi connectivity index (χ4n) is 5.55. The van der Waals surface area contributed by atoms with E-state index in [-0.39, 0.29) is 0 Å². The molecule has 38 heavy (non-hydrogen) atoms. The molecule has 0 bridgehead atoms. The summed E-state index contributed by atoms with van der Waals surface area (Å²) in [4.78, 5) is 0. The highest BCUT2D eigenvalue weighted by Crippen LogP contribution is 2.38. The van der Waals surface area contributed by atoms with Gasteiger partial charge in [-0.2, -0.15) is 5.26 Å². The molecule has 0 atom stereocenters. The Morgan fingerprint density at radius 1 is 0.395 bits per heavy atom. The number of hydrogen-bond donors (Lipinski definition) is 0. The van der Waals surface area contributed by atoms with Crippen molar-refractivity contribution >= 4 is 32.3 Å². The van der Waals surface area contributed by atoms with E-state index in [4.69, 9.17) is 5.26 Å². The number of benzene rings is 7. The van der Waals surface area contributed by atoms with Crippen LogP contribution in [0.4, 0.5) is 0 Å². The predicted molar refractivity (Wildman–Crippen MR) is 160 cm³/mol. The van der Waals surface area contributed by atoms with Gasteiger partial charge in [0.15, 0.2) is 0 Å². The molecule has 0 fully saturated rings. The topological polar surface area (TPSA) is 23.8 Å². The molecule has 0 aliphatic carbocycles. The maximum atomic E-state index is 9.04. The zero-order valence-electron chi connectivity index (χ0n) is 20.7. The van der Waals surface area contributed by atoms with Crippen LogP contribution in [0.2, 0.25) is 0 Å². The molecule has 0 amide bonds. The van der Waals surface area contributed by atoms with Gasteiger partial charge in [0.2, 0.25) is 0 Å². The molecular weight excluding hydrogens is 458 g/mol. The Balaban J connectivity index is 1.27. The van der Waals surface area contributed by atoms with Crippen molar-refractivity contribution in [2.75, 3.05) is 0 Å². The van der Waals surface area contributed by atoms with E-state index < -0.39 is 0 Å². The van der Waals surface area contributed by atoms with E-state index in [1.165, 1.54) is 54.6 Å². The van der Waals surface area contributed by atoms with Crippen LogP contribution in [0.1, 0.15) is 5.56 Å². The zero-order chi connectivity index (χ0) is 25.5. The van der Waals surface area contributed by atoms with Crippen LogP contribution in [0, 0.1) is 11.3 Å². The summed E-state index contributed by atoms with van der Waals surface area (Å²) in [6.45, 7) is 0. The van der Waals surface area contributed by atoms with Crippen molar-refractivity contribution in [2.45, 2.75) is 0 Å². The number of nitrogens with zero attached hydrogens (tertiary/aromatic N) is 1. The van der Waals surface area contributed by atoms with E-state index in [0.717, 1.165) is 11.1 Å². The van der Waals surface area contributed by atoms with Crippen molar-refractivity contribution < 1.29 is 0 Å². The van der Waals surface area contributed by atoms with Gasteiger partial charge in [-0.1, -0.05) is 121 Å². The van der Waals surface area contributed by atoms with Crippen LogP contribution in [0.3, 0.4) is 0 Å². The molecule has 0 saturated heterocycles. The van der Waals surface area contributed by atoms with Crippen molar-refractivity contribution in [3.8, 4) is 39.4 Å². The average Bonchev–Trinajstić information content (AvgIpc) is 3.00. The van der Waals surface area contributed by atoms with E-state index in [2.05, 4.69) is 121 Å². The molecule has 7 aromatic carbocycles. The summed E-state index contributed by atoms with van der Waals surface area (Å²) in [5.74, 6) is 0. The van der Waals surface area contributed by atoms with E-state index in [0.29, 0.717) is 5.56 Å². The molecule has 0 unspecified atom stereocenters. The van der Waals surface area contributed by atoms with Crippen LogP contribution >= 0.6 is 0 Å². The first-order valence-electron chi connectivity index (χ1n) is 12.8. The van der Waals surface area contributed by atoms with Crippen LogP contribution < -0.4 is 0 Å². The molecule has 0 heterocycles. The lowest BCUT2D eigenvalue weighted by atomic mass is 9.90. The van der Waals surface area contributed by atoms with E-state index in [1.54, 1.807) is 0 Å². The van der Waals surface area contributed by atoms with Crippen molar-refractivity contribution in [3.05, 3.63) is 145 Å².